The lowest BCUT2D eigenvalue weighted by Crippen LogP contribution is -2.28. The molecule has 0 fully saturated rings. The topological polar surface area (TPSA) is 85.2 Å². The number of anilines is 1. The van der Waals surface area contributed by atoms with E-state index < -0.39 is 0 Å². The maximum Gasteiger partial charge on any atom is 0.245 e. The summed E-state index contributed by atoms with van der Waals surface area (Å²) in [6.07, 6.45) is 1.33. The smallest absolute Gasteiger partial charge is 0.245 e. The first-order valence-electron chi connectivity index (χ1n) is 9.32. The molecule has 0 bridgehead atoms. The van der Waals surface area contributed by atoms with Crippen molar-refractivity contribution in [3.8, 4) is 0 Å². The van der Waals surface area contributed by atoms with Gasteiger partial charge in [0.25, 0.3) is 0 Å². The molecule has 0 radical (unpaired) electrons. The van der Waals surface area contributed by atoms with Crippen LogP contribution < -0.4 is 10.6 Å². The predicted molar refractivity (Wildman–Crippen MR) is 113 cm³/mol. The van der Waals surface area contributed by atoms with E-state index in [4.69, 9.17) is 16.3 Å². The molecule has 0 saturated carbocycles. The van der Waals surface area contributed by atoms with Gasteiger partial charge in [-0.25, -0.2) is 4.98 Å². The molecule has 152 valence electrons. The third-order valence-electron chi connectivity index (χ3n) is 4.36. The molecule has 29 heavy (non-hydrogen) atoms. The molecular weight excluding hydrogens is 392 g/mol. The van der Waals surface area contributed by atoms with Crippen molar-refractivity contribution in [3.63, 3.8) is 0 Å². The zero-order valence-electron chi connectivity index (χ0n) is 16.2. The Balaban J connectivity index is 1.70. The minimum atomic E-state index is -0.184. The molecular formula is C21H23ClN4O3. The SMILES string of the molecule is COCC(=O)NCCCc1nc2ccccc2n1CC(=O)Nc1ccccc1Cl. The van der Waals surface area contributed by atoms with Gasteiger partial charge in [-0.1, -0.05) is 35.9 Å². The number of aryl methyl sites for hydroxylation is 1. The maximum atomic E-state index is 12.6. The molecule has 0 saturated heterocycles. The minimum absolute atomic E-state index is 0.0424. The average molecular weight is 415 g/mol. The van der Waals surface area contributed by atoms with Crippen LogP contribution in [0.2, 0.25) is 5.02 Å². The van der Waals surface area contributed by atoms with E-state index in [1.165, 1.54) is 7.11 Å². The first-order valence-corrected chi connectivity index (χ1v) is 9.70. The highest BCUT2D eigenvalue weighted by Gasteiger charge is 2.14. The van der Waals surface area contributed by atoms with Crippen molar-refractivity contribution in [2.24, 2.45) is 0 Å². The number of aromatic nitrogens is 2. The highest BCUT2D eigenvalue weighted by Crippen LogP contribution is 2.21. The first kappa shape index (κ1) is 20.8. The lowest BCUT2D eigenvalue weighted by atomic mass is 10.3. The van der Waals surface area contributed by atoms with Crippen molar-refractivity contribution in [3.05, 3.63) is 59.4 Å². The highest BCUT2D eigenvalue weighted by molar-refractivity contribution is 6.33. The van der Waals surface area contributed by atoms with Gasteiger partial charge in [0.05, 0.1) is 21.7 Å². The van der Waals surface area contributed by atoms with Crippen molar-refractivity contribution in [2.75, 3.05) is 25.6 Å². The van der Waals surface area contributed by atoms with Crippen molar-refractivity contribution in [1.29, 1.82) is 0 Å². The van der Waals surface area contributed by atoms with Crippen LogP contribution in [0.25, 0.3) is 11.0 Å². The average Bonchev–Trinajstić information content (AvgIpc) is 3.05. The predicted octanol–water partition coefficient (Wildman–Crippen LogP) is 3.02. The standard InChI is InChI=1S/C21H23ClN4O3/c1-29-14-21(28)23-12-6-11-19-24-17-9-4-5-10-18(17)26(19)13-20(27)25-16-8-3-2-7-15(16)22/h2-5,7-10H,6,11-14H2,1H3,(H,23,28)(H,25,27). The Kier molecular flexibility index (Phi) is 7.21. The Bertz CT molecular complexity index is 1000. The summed E-state index contributed by atoms with van der Waals surface area (Å²) >= 11 is 6.13. The van der Waals surface area contributed by atoms with Gasteiger partial charge in [-0.3, -0.25) is 9.59 Å². The fourth-order valence-corrected chi connectivity index (χ4v) is 3.23. The second kappa shape index (κ2) is 10.0. The molecule has 0 atom stereocenters. The van der Waals surface area contributed by atoms with Crippen LogP contribution in [0, 0.1) is 0 Å². The number of rotatable bonds is 9. The van der Waals surface area contributed by atoms with E-state index in [1.54, 1.807) is 12.1 Å². The number of benzene rings is 2. The summed E-state index contributed by atoms with van der Waals surface area (Å²) in [6, 6.07) is 14.8. The molecule has 1 aromatic heterocycles. The van der Waals surface area contributed by atoms with Crippen LogP contribution in [0.4, 0.5) is 5.69 Å². The molecule has 1 heterocycles. The van der Waals surface area contributed by atoms with Crippen molar-refractivity contribution in [1.82, 2.24) is 14.9 Å². The zero-order valence-corrected chi connectivity index (χ0v) is 16.9. The Morgan fingerprint density at radius 1 is 1.10 bits per heavy atom. The molecule has 0 aliphatic rings. The second-order valence-electron chi connectivity index (χ2n) is 6.52. The number of nitrogens with one attached hydrogen (secondary N) is 2. The number of ether oxygens (including phenoxy) is 1. The van der Waals surface area contributed by atoms with Crippen LogP contribution in [0.15, 0.2) is 48.5 Å². The third kappa shape index (κ3) is 5.56. The molecule has 8 heteroatoms. The fraction of sp³-hybridized carbons (Fsp3) is 0.286. The zero-order chi connectivity index (χ0) is 20.6. The molecule has 3 rings (SSSR count). The number of para-hydroxylation sites is 3. The normalized spacial score (nSPS) is 10.8. The summed E-state index contributed by atoms with van der Waals surface area (Å²) in [7, 11) is 1.48. The van der Waals surface area contributed by atoms with Crippen LogP contribution in [0.1, 0.15) is 12.2 Å². The van der Waals surface area contributed by atoms with E-state index in [0.717, 1.165) is 16.9 Å². The lowest BCUT2D eigenvalue weighted by Gasteiger charge is -2.11. The van der Waals surface area contributed by atoms with Crippen LogP contribution in [-0.2, 0) is 27.3 Å². The Hall–Kier alpha value is -2.90. The summed E-state index contributed by atoms with van der Waals surface area (Å²) in [4.78, 5) is 28.8. The minimum Gasteiger partial charge on any atom is -0.375 e. The van der Waals surface area contributed by atoms with Gasteiger partial charge in [0.2, 0.25) is 11.8 Å². The van der Waals surface area contributed by atoms with Gasteiger partial charge in [-0.15, -0.1) is 0 Å². The number of hydrogen-bond acceptors (Lipinski definition) is 4. The van der Waals surface area contributed by atoms with Gasteiger partial charge < -0.3 is 19.9 Å². The van der Waals surface area contributed by atoms with Gasteiger partial charge in [-0.2, -0.15) is 0 Å². The molecule has 2 amide bonds. The van der Waals surface area contributed by atoms with Crippen LogP contribution in [-0.4, -0.2) is 41.6 Å². The molecule has 2 N–H and O–H groups in total. The van der Waals surface area contributed by atoms with Gasteiger partial charge in [0, 0.05) is 20.1 Å². The molecule has 0 aliphatic heterocycles. The van der Waals surface area contributed by atoms with Gasteiger partial charge in [-0.05, 0) is 30.7 Å². The van der Waals surface area contributed by atoms with Crippen molar-refractivity contribution >= 4 is 40.1 Å². The number of carbonyl (C=O) groups is 2. The molecule has 3 aromatic rings. The monoisotopic (exact) mass is 414 g/mol. The largest absolute Gasteiger partial charge is 0.375 e. The van der Waals surface area contributed by atoms with Crippen molar-refractivity contribution < 1.29 is 14.3 Å². The number of imidazole rings is 1. The summed E-state index contributed by atoms with van der Waals surface area (Å²) in [5, 5.41) is 6.13. The fourth-order valence-electron chi connectivity index (χ4n) is 3.05. The number of fused-ring (bicyclic) bond motifs is 1. The van der Waals surface area contributed by atoms with E-state index in [-0.39, 0.29) is 25.0 Å². The number of nitrogens with zero attached hydrogens (tertiary/aromatic N) is 2. The Labute approximate surface area is 174 Å². The van der Waals surface area contributed by atoms with Gasteiger partial charge in [0.15, 0.2) is 0 Å². The summed E-state index contributed by atoms with van der Waals surface area (Å²) in [5.74, 6) is 0.456. The summed E-state index contributed by atoms with van der Waals surface area (Å²) in [6.45, 7) is 0.676. The van der Waals surface area contributed by atoms with E-state index >= 15 is 0 Å². The summed E-state index contributed by atoms with van der Waals surface area (Å²) in [5.41, 5.74) is 2.29. The number of hydrogen-bond donors (Lipinski definition) is 2. The summed E-state index contributed by atoms with van der Waals surface area (Å²) < 4.78 is 6.70. The number of methoxy groups -OCH3 is 1. The van der Waals surface area contributed by atoms with Crippen molar-refractivity contribution in [2.45, 2.75) is 19.4 Å². The maximum absolute atomic E-state index is 12.6. The van der Waals surface area contributed by atoms with E-state index in [0.29, 0.717) is 30.1 Å². The lowest BCUT2D eigenvalue weighted by molar-refractivity contribution is -0.124. The number of carbonyl (C=O) groups excluding carboxylic acids is 2. The van der Waals surface area contributed by atoms with Crippen LogP contribution in [0.3, 0.4) is 0 Å². The van der Waals surface area contributed by atoms with Crippen LogP contribution in [0.5, 0.6) is 0 Å². The van der Waals surface area contributed by atoms with E-state index in [1.807, 2.05) is 41.0 Å². The molecule has 7 nitrogen and oxygen atoms in total. The Morgan fingerprint density at radius 3 is 2.66 bits per heavy atom. The van der Waals surface area contributed by atoms with Gasteiger partial charge >= 0.3 is 0 Å². The molecule has 0 aliphatic carbocycles. The second-order valence-corrected chi connectivity index (χ2v) is 6.92. The molecule has 0 unspecified atom stereocenters. The number of amides is 2. The van der Waals surface area contributed by atoms with Crippen LogP contribution >= 0.6 is 11.6 Å². The molecule has 2 aromatic carbocycles. The number of halogens is 1. The van der Waals surface area contributed by atoms with Gasteiger partial charge in [0.1, 0.15) is 19.0 Å². The van der Waals surface area contributed by atoms with E-state index in [9.17, 15) is 9.59 Å². The Morgan fingerprint density at radius 2 is 1.86 bits per heavy atom. The quantitative estimate of drug-likeness (QED) is 0.527. The third-order valence-corrected chi connectivity index (χ3v) is 4.69. The first-order chi connectivity index (χ1) is 14.1. The van der Waals surface area contributed by atoms with E-state index in [2.05, 4.69) is 15.6 Å². The molecule has 0 spiro atoms. The highest BCUT2D eigenvalue weighted by atomic mass is 35.5.